The van der Waals surface area contributed by atoms with E-state index in [1.807, 2.05) is 19.9 Å². The quantitative estimate of drug-likeness (QED) is 0.828. The minimum Gasteiger partial charge on any atom is -0.497 e. The predicted molar refractivity (Wildman–Crippen MR) is 106 cm³/mol. The van der Waals surface area contributed by atoms with Gasteiger partial charge in [0.1, 0.15) is 5.75 Å². The van der Waals surface area contributed by atoms with Gasteiger partial charge in [0.2, 0.25) is 0 Å². The van der Waals surface area contributed by atoms with E-state index < -0.39 is 0 Å². The third-order valence-corrected chi connectivity index (χ3v) is 4.60. The molecular formula is C22H32N2O. The molecule has 0 unspecified atom stereocenters. The van der Waals surface area contributed by atoms with E-state index in [4.69, 9.17) is 4.74 Å². The van der Waals surface area contributed by atoms with E-state index in [9.17, 15) is 0 Å². The Bertz CT molecular complexity index is 614. The Kier molecular flexibility index (Phi) is 7.96. The SMILES string of the molecule is CC.COc1cccc([C@@H](C)N[C@H]2CCN(Cc3ccccc3)C2)c1. The second-order valence-electron chi connectivity index (χ2n) is 6.37. The molecule has 0 bridgehead atoms. The Morgan fingerprint density at radius 3 is 2.60 bits per heavy atom. The van der Waals surface area contributed by atoms with E-state index >= 15 is 0 Å². The van der Waals surface area contributed by atoms with Gasteiger partial charge in [0.25, 0.3) is 0 Å². The van der Waals surface area contributed by atoms with Crippen molar-refractivity contribution in [3.05, 3.63) is 65.7 Å². The fourth-order valence-corrected chi connectivity index (χ4v) is 3.31. The average molecular weight is 341 g/mol. The first-order valence-corrected chi connectivity index (χ1v) is 9.41. The lowest BCUT2D eigenvalue weighted by Crippen LogP contribution is -2.34. The topological polar surface area (TPSA) is 24.5 Å². The maximum absolute atomic E-state index is 5.32. The molecule has 3 heteroatoms. The van der Waals surface area contributed by atoms with E-state index in [2.05, 4.69) is 65.7 Å². The van der Waals surface area contributed by atoms with E-state index in [-0.39, 0.29) is 0 Å². The van der Waals surface area contributed by atoms with E-state index in [0.29, 0.717) is 12.1 Å². The summed E-state index contributed by atoms with van der Waals surface area (Å²) in [5.41, 5.74) is 2.68. The Morgan fingerprint density at radius 1 is 1.12 bits per heavy atom. The van der Waals surface area contributed by atoms with Gasteiger partial charge in [-0.2, -0.15) is 0 Å². The summed E-state index contributed by atoms with van der Waals surface area (Å²) in [5, 5.41) is 3.76. The van der Waals surface area contributed by atoms with Crippen molar-refractivity contribution in [1.29, 1.82) is 0 Å². The fourth-order valence-electron chi connectivity index (χ4n) is 3.31. The van der Waals surface area contributed by atoms with Crippen LogP contribution in [0.4, 0.5) is 0 Å². The summed E-state index contributed by atoms with van der Waals surface area (Å²) in [6.07, 6.45) is 1.21. The number of likely N-dealkylation sites (tertiary alicyclic amines) is 1. The van der Waals surface area contributed by atoms with Gasteiger partial charge >= 0.3 is 0 Å². The van der Waals surface area contributed by atoms with Crippen LogP contribution in [-0.2, 0) is 6.54 Å². The molecule has 1 aliphatic heterocycles. The molecule has 0 aliphatic carbocycles. The molecule has 3 nitrogen and oxygen atoms in total. The molecule has 25 heavy (non-hydrogen) atoms. The van der Waals surface area contributed by atoms with E-state index in [0.717, 1.165) is 25.4 Å². The van der Waals surface area contributed by atoms with Gasteiger partial charge in [0, 0.05) is 31.7 Å². The lowest BCUT2D eigenvalue weighted by Gasteiger charge is -2.21. The number of benzene rings is 2. The van der Waals surface area contributed by atoms with Crippen LogP contribution in [0, 0.1) is 0 Å². The highest BCUT2D eigenvalue weighted by Gasteiger charge is 2.23. The van der Waals surface area contributed by atoms with Gasteiger partial charge in [0.05, 0.1) is 7.11 Å². The van der Waals surface area contributed by atoms with Crippen molar-refractivity contribution in [3.63, 3.8) is 0 Å². The van der Waals surface area contributed by atoms with Gasteiger partial charge in [0.15, 0.2) is 0 Å². The summed E-state index contributed by atoms with van der Waals surface area (Å²) in [5.74, 6) is 0.924. The second kappa shape index (κ2) is 10.2. The number of hydrogen-bond acceptors (Lipinski definition) is 3. The molecular weight excluding hydrogens is 308 g/mol. The highest BCUT2D eigenvalue weighted by molar-refractivity contribution is 5.30. The van der Waals surface area contributed by atoms with Gasteiger partial charge in [-0.25, -0.2) is 0 Å². The predicted octanol–water partition coefficient (Wildman–Crippen LogP) is 4.65. The number of nitrogens with one attached hydrogen (secondary N) is 1. The largest absolute Gasteiger partial charge is 0.497 e. The molecule has 3 rings (SSSR count). The summed E-state index contributed by atoms with van der Waals surface area (Å²) in [7, 11) is 1.72. The molecule has 0 saturated carbocycles. The van der Waals surface area contributed by atoms with Gasteiger partial charge in [-0.3, -0.25) is 4.90 Å². The normalized spacial score (nSPS) is 18.3. The van der Waals surface area contributed by atoms with Crippen molar-refractivity contribution >= 4 is 0 Å². The van der Waals surface area contributed by atoms with E-state index in [1.165, 1.54) is 17.5 Å². The lowest BCUT2D eigenvalue weighted by molar-refractivity contribution is 0.316. The smallest absolute Gasteiger partial charge is 0.119 e. The standard InChI is InChI=1S/C20H26N2O.C2H6/c1-16(18-9-6-10-20(13-18)23-2)21-19-11-12-22(15-19)14-17-7-4-3-5-8-17;1-2/h3-10,13,16,19,21H,11-12,14-15H2,1-2H3;1-2H3/t16-,19+;/m1./s1. The molecule has 1 N–H and O–H groups in total. The number of methoxy groups -OCH3 is 1. The molecule has 1 fully saturated rings. The van der Waals surface area contributed by atoms with Crippen LogP contribution in [0.5, 0.6) is 5.75 Å². The Hall–Kier alpha value is -1.84. The molecule has 0 radical (unpaired) electrons. The zero-order valence-corrected chi connectivity index (χ0v) is 16.0. The first-order valence-electron chi connectivity index (χ1n) is 9.41. The minimum atomic E-state index is 0.340. The van der Waals surface area contributed by atoms with Crippen LogP contribution in [0.15, 0.2) is 54.6 Å². The summed E-state index contributed by atoms with van der Waals surface area (Å²) >= 11 is 0. The van der Waals surface area contributed by atoms with Crippen LogP contribution >= 0.6 is 0 Å². The summed E-state index contributed by atoms with van der Waals surface area (Å²) < 4.78 is 5.32. The number of rotatable bonds is 6. The Labute approximate surface area is 153 Å². The molecule has 1 aliphatic rings. The van der Waals surface area contributed by atoms with Crippen LogP contribution in [0.2, 0.25) is 0 Å². The van der Waals surface area contributed by atoms with Crippen LogP contribution in [0.1, 0.15) is 44.4 Å². The average Bonchev–Trinajstić information content (AvgIpc) is 3.11. The highest BCUT2D eigenvalue weighted by atomic mass is 16.5. The fraction of sp³-hybridized carbons (Fsp3) is 0.455. The van der Waals surface area contributed by atoms with Crippen molar-refractivity contribution in [2.45, 2.75) is 45.8 Å². The third-order valence-electron chi connectivity index (χ3n) is 4.60. The monoisotopic (exact) mass is 340 g/mol. The maximum Gasteiger partial charge on any atom is 0.119 e. The molecule has 2 atom stereocenters. The number of hydrogen-bond donors (Lipinski definition) is 1. The van der Waals surface area contributed by atoms with Crippen LogP contribution in [0.25, 0.3) is 0 Å². The molecule has 0 spiro atoms. The molecule has 0 aromatic heterocycles. The van der Waals surface area contributed by atoms with Crippen LogP contribution in [-0.4, -0.2) is 31.1 Å². The van der Waals surface area contributed by atoms with Crippen molar-refractivity contribution < 1.29 is 4.74 Å². The van der Waals surface area contributed by atoms with Crippen molar-refractivity contribution in [2.75, 3.05) is 20.2 Å². The Balaban J connectivity index is 0.00000109. The zero-order valence-electron chi connectivity index (χ0n) is 16.0. The van der Waals surface area contributed by atoms with Gasteiger partial charge in [-0.1, -0.05) is 56.3 Å². The highest BCUT2D eigenvalue weighted by Crippen LogP contribution is 2.21. The first kappa shape index (κ1) is 19.5. The van der Waals surface area contributed by atoms with Gasteiger partial charge < -0.3 is 10.1 Å². The van der Waals surface area contributed by atoms with Crippen molar-refractivity contribution in [1.82, 2.24) is 10.2 Å². The van der Waals surface area contributed by atoms with Gasteiger partial charge in [-0.15, -0.1) is 0 Å². The minimum absolute atomic E-state index is 0.340. The molecule has 1 heterocycles. The van der Waals surface area contributed by atoms with Gasteiger partial charge in [-0.05, 0) is 36.6 Å². The molecule has 2 aromatic carbocycles. The van der Waals surface area contributed by atoms with Crippen LogP contribution in [0.3, 0.4) is 0 Å². The number of nitrogens with zero attached hydrogens (tertiary/aromatic N) is 1. The molecule has 0 amide bonds. The Morgan fingerprint density at radius 2 is 1.88 bits per heavy atom. The van der Waals surface area contributed by atoms with Crippen LogP contribution < -0.4 is 10.1 Å². The van der Waals surface area contributed by atoms with E-state index in [1.54, 1.807) is 7.11 Å². The summed E-state index contributed by atoms with van der Waals surface area (Å²) in [4.78, 5) is 2.53. The van der Waals surface area contributed by atoms with Crippen molar-refractivity contribution in [2.24, 2.45) is 0 Å². The molecule has 136 valence electrons. The molecule has 1 saturated heterocycles. The lowest BCUT2D eigenvalue weighted by atomic mass is 10.1. The van der Waals surface area contributed by atoms with Crippen molar-refractivity contribution in [3.8, 4) is 5.75 Å². The first-order chi connectivity index (χ1) is 12.2. The maximum atomic E-state index is 5.32. The zero-order chi connectivity index (χ0) is 18.1. The third kappa shape index (κ3) is 5.87. The second-order valence-corrected chi connectivity index (χ2v) is 6.37. The molecule has 2 aromatic rings. The number of ether oxygens (including phenoxy) is 1. The summed E-state index contributed by atoms with van der Waals surface area (Å²) in [6, 6.07) is 20.0. The summed E-state index contributed by atoms with van der Waals surface area (Å²) in [6.45, 7) is 9.56.